The minimum Gasteiger partial charge on any atom is -0.465 e. The normalized spacial score (nSPS) is 9.69. The Kier molecular flexibility index (Phi) is 4.49. The minimum atomic E-state index is -0.455. The molecule has 1 aromatic rings. The minimum absolute atomic E-state index is 0.0428. The van der Waals surface area contributed by atoms with Gasteiger partial charge in [-0.3, -0.25) is 4.79 Å². The predicted molar refractivity (Wildman–Crippen MR) is 61.0 cm³/mol. The van der Waals surface area contributed by atoms with Gasteiger partial charge in [-0.1, -0.05) is 22.0 Å². The van der Waals surface area contributed by atoms with Crippen molar-refractivity contribution in [2.24, 2.45) is 0 Å². The lowest BCUT2D eigenvalue weighted by molar-refractivity contribution is -0.142. The number of carbonyl (C=O) groups is 2. The van der Waals surface area contributed by atoms with E-state index in [-0.39, 0.29) is 6.61 Å². The molecule has 4 nitrogen and oxygen atoms in total. The predicted octanol–water partition coefficient (Wildman–Crippen LogP) is 2.30. The maximum atomic E-state index is 11.4. The van der Waals surface area contributed by atoms with Crippen LogP contribution < -0.4 is 0 Å². The summed E-state index contributed by atoms with van der Waals surface area (Å²) in [4.78, 5) is 22.2. The van der Waals surface area contributed by atoms with E-state index in [1.165, 1.54) is 14.0 Å². The van der Waals surface area contributed by atoms with Gasteiger partial charge in [-0.2, -0.15) is 0 Å². The largest absolute Gasteiger partial charge is 0.465 e. The van der Waals surface area contributed by atoms with Gasteiger partial charge in [-0.25, -0.2) is 4.79 Å². The molecule has 0 aliphatic heterocycles. The van der Waals surface area contributed by atoms with Crippen molar-refractivity contribution in [2.45, 2.75) is 13.5 Å². The molecular weight excluding hydrogens is 276 g/mol. The summed E-state index contributed by atoms with van der Waals surface area (Å²) >= 11 is 3.30. The highest BCUT2D eigenvalue weighted by molar-refractivity contribution is 9.10. The lowest BCUT2D eigenvalue weighted by Gasteiger charge is -2.09. The standard InChI is InChI=1S/C11H11BrO4/c1-7(13)16-6-9-8(11(14)15-2)4-3-5-10(9)12/h3-5H,6H2,1-2H3. The van der Waals surface area contributed by atoms with Gasteiger partial charge in [0.25, 0.3) is 0 Å². The van der Waals surface area contributed by atoms with Crippen LogP contribution in [0.1, 0.15) is 22.8 Å². The average molecular weight is 287 g/mol. The Morgan fingerprint density at radius 1 is 1.38 bits per heavy atom. The lowest BCUT2D eigenvalue weighted by atomic mass is 10.1. The number of carbonyl (C=O) groups excluding carboxylic acids is 2. The Morgan fingerprint density at radius 2 is 2.06 bits per heavy atom. The molecule has 0 N–H and O–H groups in total. The Morgan fingerprint density at radius 3 is 2.62 bits per heavy atom. The zero-order valence-corrected chi connectivity index (χ0v) is 10.5. The maximum absolute atomic E-state index is 11.4. The van der Waals surface area contributed by atoms with Crippen molar-refractivity contribution in [3.8, 4) is 0 Å². The zero-order valence-electron chi connectivity index (χ0n) is 8.95. The summed E-state index contributed by atoms with van der Waals surface area (Å²) in [6, 6.07) is 5.11. The lowest BCUT2D eigenvalue weighted by Crippen LogP contribution is -2.09. The van der Waals surface area contributed by atoms with Gasteiger partial charge >= 0.3 is 11.9 Å². The summed E-state index contributed by atoms with van der Waals surface area (Å²) in [6.45, 7) is 1.36. The van der Waals surface area contributed by atoms with E-state index < -0.39 is 11.9 Å². The molecule has 0 bridgehead atoms. The molecule has 0 aliphatic carbocycles. The van der Waals surface area contributed by atoms with Crippen LogP contribution in [0.4, 0.5) is 0 Å². The molecule has 0 heterocycles. The molecule has 0 radical (unpaired) electrons. The van der Waals surface area contributed by atoms with Crippen molar-refractivity contribution < 1.29 is 19.1 Å². The van der Waals surface area contributed by atoms with E-state index in [4.69, 9.17) is 4.74 Å². The molecule has 0 aromatic heterocycles. The molecule has 5 heteroatoms. The number of rotatable bonds is 3. The van der Waals surface area contributed by atoms with E-state index >= 15 is 0 Å². The Bertz CT molecular complexity index is 414. The van der Waals surface area contributed by atoms with E-state index in [1.807, 2.05) is 0 Å². The molecule has 0 unspecified atom stereocenters. The van der Waals surface area contributed by atoms with Crippen LogP contribution in [0.2, 0.25) is 0 Å². The third kappa shape index (κ3) is 3.06. The molecule has 16 heavy (non-hydrogen) atoms. The molecule has 0 saturated heterocycles. The van der Waals surface area contributed by atoms with Gasteiger partial charge in [-0.15, -0.1) is 0 Å². The van der Waals surface area contributed by atoms with E-state index in [1.54, 1.807) is 18.2 Å². The van der Waals surface area contributed by atoms with Gasteiger partial charge in [0.1, 0.15) is 6.61 Å². The molecule has 1 rings (SSSR count). The first-order valence-electron chi connectivity index (χ1n) is 4.55. The number of halogens is 1. The summed E-state index contributed by atoms with van der Waals surface area (Å²) in [6.07, 6.45) is 0. The third-order valence-corrected chi connectivity index (χ3v) is 2.69. The van der Waals surface area contributed by atoms with Crippen molar-refractivity contribution in [2.75, 3.05) is 7.11 Å². The van der Waals surface area contributed by atoms with Crippen LogP contribution in [0.5, 0.6) is 0 Å². The van der Waals surface area contributed by atoms with Gasteiger partial charge in [0.05, 0.1) is 12.7 Å². The SMILES string of the molecule is COC(=O)c1cccc(Br)c1COC(C)=O. The smallest absolute Gasteiger partial charge is 0.338 e. The number of esters is 2. The molecule has 0 fully saturated rings. The fourth-order valence-corrected chi connectivity index (χ4v) is 1.66. The van der Waals surface area contributed by atoms with Crippen LogP contribution in [-0.4, -0.2) is 19.0 Å². The second-order valence-electron chi connectivity index (χ2n) is 3.04. The van der Waals surface area contributed by atoms with Crippen molar-refractivity contribution >= 4 is 27.9 Å². The molecule has 0 atom stereocenters. The number of benzene rings is 1. The highest BCUT2D eigenvalue weighted by Crippen LogP contribution is 2.22. The number of methoxy groups -OCH3 is 1. The van der Waals surface area contributed by atoms with Crippen LogP contribution in [0.3, 0.4) is 0 Å². The quantitative estimate of drug-likeness (QED) is 0.800. The van der Waals surface area contributed by atoms with Gasteiger partial charge in [0, 0.05) is 17.0 Å². The number of ether oxygens (including phenoxy) is 2. The first-order chi connectivity index (χ1) is 7.56. The molecule has 0 aliphatic rings. The van der Waals surface area contributed by atoms with Crippen LogP contribution >= 0.6 is 15.9 Å². The Balaban J connectivity index is 3.03. The number of hydrogen-bond acceptors (Lipinski definition) is 4. The summed E-state index contributed by atoms with van der Waals surface area (Å²) in [7, 11) is 1.30. The molecule has 0 spiro atoms. The second kappa shape index (κ2) is 5.65. The third-order valence-electron chi connectivity index (χ3n) is 1.94. The molecule has 0 saturated carbocycles. The van der Waals surface area contributed by atoms with Gasteiger partial charge in [0.2, 0.25) is 0 Å². The van der Waals surface area contributed by atoms with Crippen LogP contribution in [0.15, 0.2) is 22.7 Å². The van der Waals surface area contributed by atoms with Crippen molar-refractivity contribution in [1.82, 2.24) is 0 Å². The van der Waals surface area contributed by atoms with Crippen molar-refractivity contribution in [1.29, 1.82) is 0 Å². The van der Waals surface area contributed by atoms with E-state index in [0.717, 1.165) is 0 Å². The van der Waals surface area contributed by atoms with Gasteiger partial charge in [-0.05, 0) is 12.1 Å². The Labute approximate surface area is 102 Å². The molecule has 0 amide bonds. The average Bonchev–Trinajstić information content (AvgIpc) is 2.25. The van der Waals surface area contributed by atoms with Crippen LogP contribution in [0.25, 0.3) is 0 Å². The van der Waals surface area contributed by atoms with E-state index in [2.05, 4.69) is 20.7 Å². The molecular formula is C11H11BrO4. The summed E-state index contributed by atoms with van der Waals surface area (Å²) in [5, 5.41) is 0. The maximum Gasteiger partial charge on any atom is 0.338 e. The second-order valence-corrected chi connectivity index (χ2v) is 3.89. The van der Waals surface area contributed by atoms with Crippen molar-refractivity contribution in [3.63, 3.8) is 0 Å². The topological polar surface area (TPSA) is 52.6 Å². The summed E-state index contributed by atoms with van der Waals surface area (Å²) in [5.74, 6) is -0.852. The van der Waals surface area contributed by atoms with E-state index in [9.17, 15) is 9.59 Å². The molecule has 86 valence electrons. The zero-order chi connectivity index (χ0) is 12.1. The van der Waals surface area contributed by atoms with Gasteiger partial charge < -0.3 is 9.47 Å². The first-order valence-corrected chi connectivity index (χ1v) is 5.34. The molecule has 1 aromatic carbocycles. The van der Waals surface area contributed by atoms with Gasteiger partial charge in [0.15, 0.2) is 0 Å². The summed E-state index contributed by atoms with van der Waals surface area (Å²) in [5.41, 5.74) is 0.989. The van der Waals surface area contributed by atoms with E-state index in [0.29, 0.717) is 15.6 Å². The highest BCUT2D eigenvalue weighted by Gasteiger charge is 2.14. The monoisotopic (exact) mass is 286 g/mol. The van der Waals surface area contributed by atoms with Crippen LogP contribution in [0, 0.1) is 0 Å². The van der Waals surface area contributed by atoms with Crippen molar-refractivity contribution in [3.05, 3.63) is 33.8 Å². The Hall–Kier alpha value is -1.36. The number of hydrogen-bond donors (Lipinski definition) is 0. The summed E-state index contributed by atoms with van der Waals surface area (Å²) < 4.78 is 10.2. The van der Waals surface area contributed by atoms with Crippen LogP contribution in [-0.2, 0) is 20.9 Å². The fourth-order valence-electron chi connectivity index (χ4n) is 1.18. The first kappa shape index (κ1) is 12.7. The fraction of sp³-hybridized carbons (Fsp3) is 0.273. The highest BCUT2D eigenvalue weighted by atomic mass is 79.9.